The minimum atomic E-state index is -0.253. The molecule has 1 aliphatic rings. The monoisotopic (exact) mass is 203 g/mol. The molecule has 0 bridgehead atoms. The summed E-state index contributed by atoms with van der Waals surface area (Å²) in [6.07, 6.45) is 1.10. The van der Waals surface area contributed by atoms with E-state index in [4.69, 9.17) is 5.73 Å². The van der Waals surface area contributed by atoms with Crippen molar-refractivity contribution < 1.29 is 4.79 Å². The van der Waals surface area contributed by atoms with Gasteiger partial charge in [-0.25, -0.2) is 9.98 Å². The van der Waals surface area contributed by atoms with Crippen LogP contribution in [0, 0.1) is 0 Å². The van der Waals surface area contributed by atoms with E-state index in [-0.39, 0.29) is 11.9 Å². The van der Waals surface area contributed by atoms with Crippen LogP contribution in [-0.4, -0.2) is 18.2 Å². The molecule has 0 radical (unpaired) electrons. The highest BCUT2D eigenvalue weighted by Crippen LogP contribution is 2.19. The van der Waals surface area contributed by atoms with E-state index in [1.807, 2.05) is 0 Å². The van der Waals surface area contributed by atoms with E-state index in [2.05, 4.69) is 20.8 Å². The third-order valence-electron chi connectivity index (χ3n) is 1.86. The number of para-hydroxylation sites is 1. The van der Waals surface area contributed by atoms with Crippen molar-refractivity contribution in [3.8, 4) is 0 Å². The highest BCUT2D eigenvalue weighted by atomic mass is 16.2. The lowest BCUT2D eigenvalue weighted by Crippen LogP contribution is -2.39. The molecule has 0 fully saturated rings. The summed E-state index contributed by atoms with van der Waals surface area (Å²) in [5, 5.41) is 0. The number of carbonyl (C=O) groups excluding carboxylic acids is 1. The number of amides is 1. The molecule has 0 spiro atoms. The number of hydrogen-bond acceptors (Lipinski definition) is 4. The van der Waals surface area contributed by atoms with Crippen molar-refractivity contribution in [2.45, 2.75) is 0 Å². The fourth-order valence-electron chi connectivity index (χ4n) is 1.22. The van der Waals surface area contributed by atoms with Gasteiger partial charge in [-0.2, -0.15) is 0 Å². The second-order valence-electron chi connectivity index (χ2n) is 2.81. The van der Waals surface area contributed by atoms with E-state index in [0.717, 1.165) is 6.34 Å². The minimum Gasteiger partial charge on any atom is -0.390 e. The summed E-state index contributed by atoms with van der Waals surface area (Å²) >= 11 is 0. The van der Waals surface area contributed by atoms with E-state index < -0.39 is 0 Å². The lowest BCUT2D eigenvalue weighted by atomic mass is 10.2. The maximum absolute atomic E-state index is 11.5. The minimum absolute atomic E-state index is 0.246. The predicted octanol–water partition coefficient (Wildman–Crippen LogP) is -0.0909. The number of aliphatic imine (C=N–C) groups is 2. The summed E-state index contributed by atoms with van der Waals surface area (Å²) in [5.74, 6) is -0.00706. The fraction of sp³-hybridized carbons (Fsp3) is 0. The van der Waals surface area contributed by atoms with Crippen LogP contribution in [0.3, 0.4) is 0 Å². The fourth-order valence-corrected chi connectivity index (χ4v) is 1.22. The zero-order valence-corrected chi connectivity index (χ0v) is 7.77. The summed E-state index contributed by atoms with van der Waals surface area (Å²) in [4.78, 5) is 19.4. The molecule has 4 N–H and O–H groups in total. The standard InChI is InChI=1S/C9H9N5O/c10-5-11-9-12-7-4-2-1-3-6(7)8(15)13-14-9/h1-5H,(H,13,15)(H3,10,11,12,14). The van der Waals surface area contributed by atoms with Crippen molar-refractivity contribution in [3.05, 3.63) is 29.8 Å². The van der Waals surface area contributed by atoms with Crippen LogP contribution in [0.15, 0.2) is 34.3 Å². The Morgan fingerprint density at radius 2 is 2.13 bits per heavy atom. The van der Waals surface area contributed by atoms with Crippen LogP contribution in [0.25, 0.3) is 0 Å². The zero-order valence-electron chi connectivity index (χ0n) is 7.77. The second-order valence-corrected chi connectivity index (χ2v) is 2.81. The Morgan fingerprint density at radius 1 is 1.33 bits per heavy atom. The molecule has 0 aliphatic carbocycles. The van der Waals surface area contributed by atoms with E-state index in [9.17, 15) is 4.79 Å². The van der Waals surface area contributed by atoms with Crippen molar-refractivity contribution in [2.24, 2.45) is 15.7 Å². The predicted molar refractivity (Wildman–Crippen MR) is 56.8 cm³/mol. The topological polar surface area (TPSA) is 91.9 Å². The molecule has 6 heteroatoms. The first kappa shape index (κ1) is 9.20. The molecule has 0 aromatic heterocycles. The van der Waals surface area contributed by atoms with Gasteiger partial charge < -0.3 is 5.73 Å². The molecule has 76 valence electrons. The van der Waals surface area contributed by atoms with Crippen LogP contribution < -0.4 is 16.6 Å². The second kappa shape index (κ2) is 3.79. The molecule has 1 aromatic rings. The first-order valence-corrected chi connectivity index (χ1v) is 4.29. The number of hydrazine groups is 1. The number of fused-ring (bicyclic) bond motifs is 1. The van der Waals surface area contributed by atoms with E-state index in [1.54, 1.807) is 24.3 Å². The molecule has 1 amide bonds. The highest BCUT2D eigenvalue weighted by Gasteiger charge is 2.14. The summed E-state index contributed by atoms with van der Waals surface area (Å²) in [6.45, 7) is 0. The quantitative estimate of drug-likeness (QED) is 0.406. The number of hydrogen-bond donors (Lipinski definition) is 3. The van der Waals surface area contributed by atoms with Gasteiger partial charge in [0.1, 0.15) is 0 Å². The molecule has 0 saturated carbocycles. The molecule has 1 aromatic carbocycles. The van der Waals surface area contributed by atoms with Crippen molar-refractivity contribution in [3.63, 3.8) is 0 Å². The average molecular weight is 203 g/mol. The third kappa shape index (κ3) is 1.78. The van der Waals surface area contributed by atoms with Crippen LogP contribution in [0.4, 0.5) is 5.69 Å². The highest BCUT2D eigenvalue weighted by molar-refractivity contribution is 6.03. The summed E-state index contributed by atoms with van der Waals surface area (Å²) < 4.78 is 0. The number of carbonyl (C=O) groups is 1. The Morgan fingerprint density at radius 3 is 2.93 bits per heavy atom. The molecule has 1 aliphatic heterocycles. The SMILES string of the molecule is NC=NC1=Nc2ccccc2C(=O)NN1. The number of benzene rings is 1. The van der Waals surface area contributed by atoms with E-state index in [1.165, 1.54) is 0 Å². The number of nitrogens with zero attached hydrogens (tertiary/aromatic N) is 2. The number of rotatable bonds is 0. The average Bonchev–Trinajstić information content (AvgIpc) is 2.40. The van der Waals surface area contributed by atoms with Crippen molar-refractivity contribution in [2.75, 3.05) is 0 Å². The van der Waals surface area contributed by atoms with Crippen LogP contribution in [0.5, 0.6) is 0 Å². The molecular formula is C9H9N5O. The Bertz CT molecular complexity index is 452. The molecular weight excluding hydrogens is 194 g/mol. The normalized spacial score (nSPS) is 14.9. The van der Waals surface area contributed by atoms with Gasteiger partial charge >= 0.3 is 0 Å². The van der Waals surface area contributed by atoms with Crippen molar-refractivity contribution >= 4 is 23.9 Å². The lowest BCUT2D eigenvalue weighted by Gasteiger charge is -2.01. The van der Waals surface area contributed by atoms with E-state index >= 15 is 0 Å². The van der Waals surface area contributed by atoms with E-state index in [0.29, 0.717) is 11.3 Å². The Balaban J connectivity index is 2.48. The molecule has 15 heavy (non-hydrogen) atoms. The van der Waals surface area contributed by atoms with Crippen LogP contribution >= 0.6 is 0 Å². The molecule has 0 unspecified atom stereocenters. The summed E-state index contributed by atoms with van der Waals surface area (Å²) in [5.41, 5.74) is 11.2. The van der Waals surface area contributed by atoms with Gasteiger partial charge in [0.2, 0.25) is 5.96 Å². The van der Waals surface area contributed by atoms with Gasteiger partial charge in [0, 0.05) is 0 Å². The molecule has 6 nitrogen and oxygen atoms in total. The first-order valence-electron chi connectivity index (χ1n) is 4.29. The molecule has 0 saturated heterocycles. The smallest absolute Gasteiger partial charge is 0.271 e. The molecule has 0 atom stereocenters. The van der Waals surface area contributed by atoms with Gasteiger partial charge in [0.15, 0.2) is 0 Å². The lowest BCUT2D eigenvalue weighted by molar-refractivity contribution is 0.0945. The van der Waals surface area contributed by atoms with Crippen LogP contribution in [-0.2, 0) is 0 Å². The number of guanidine groups is 1. The van der Waals surface area contributed by atoms with Gasteiger partial charge in [-0.1, -0.05) is 12.1 Å². The number of nitrogens with one attached hydrogen (secondary N) is 2. The van der Waals surface area contributed by atoms with Gasteiger partial charge in [-0.3, -0.25) is 15.6 Å². The Labute approximate surface area is 85.9 Å². The van der Waals surface area contributed by atoms with Gasteiger partial charge in [0.25, 0.3) is 5.91 Å². The number of nitrogens with two attached hydrogens (primary N) is 1. The maximum Gasteiger partial charge on any atom is 0.271 e. The first-order chi connectivity index (χ1) is 7.31. The zero-order chi connectivity index (χ0) is 10.7. The Hall–Kier alpha value is -2.37. The van der Waals surface area contributed by atoms with Crippen molar-refractivity contribution in [1.82, 2.24) is 10.9 Å². The molecule has 2 rings (SSSR count). The maximum atomic E-state index is 11.5. The largest absolute Gasteiger partial charge is 0.390 e. The summed E-state index contributed by atoms with van der Waals surface area (Å²) in [7, 11) is 0. The van der Waals surface area contributed by atoms with Gasteiger partial charge in [0.05, 0.1) is 17.6 Å². The molecule has 1 heterocycles. The Kier molecular flexibility index (Phi) is 2.32. The van der Waals surface area contributed by atoms with Crippen LogP contribution in [0.2, 0.25) is 0 Å². The third-order valence-corrected chi connectivity index (χ3v) is 1.86. The summed E-state index contributed by atoms with van der Waals surface area (Å²) in [6, 6.07) is 6.98. The van der Waals surface area contributed by atoms with Gasteiger partial charge in [-0.15, -0.1) is 0 Å². The van der Waals surface area contributed by atoms with Crippen LogP contribution in [0.1, 0.15) is 10.4 Å². The van der Waals surface area contributed by atoms with Gasteiger partial charge in [-0.05, 0) is 12.1 Å². The van der Waals surface area contributed by atoms with Crippen molar-refractivity contribution in [1.29, 1.82) is 0 Å².